The fraction of sp³-hybridized carbons (Fsp3) is 0.667. The van der Waals surface area contributed by atoms with Crippen molar-refractivity contribution in [3.05, 3.63) is 33.3 Å². The summed E-state index contributed by atoms with van der Waals surface area (Å²) in [6.45, 7) is 10.6. The van der Waals surface area contributed by atoms with Crippen molar-refractivity contribution >= 4 is 29.2 Å². The monoisotopic (exact) mass is 520 g/mol. The van der Waals surface area contributed by atoms with Gasteiger partial charge in [0.1, 0.15) is 16.9 Å². The van der Waals surface area contributed by atoms with E-state index in [1.165, 1.54) is 11.3 Å². The number of thiazole rings is 1. The maximum absolute atomic E-state index is 13.3. The van der Waals surface area contributed by atoms with Crippen LogP contribution in [0.3, 0.4) is 0 Å². The summed E-state index contributed by atoms with van der Waals surface area (Å²) in [6.07, 6.45) is 2.15. The van der Waals surface area contributed by atoms with E-state index in [1.807, 2.05) is 32.2 Å². The van der Waals surface area contributed by atoms with Crippen LogP contribution in [0, 0.1) is 17.3 Å². The van der Waals surface area contributed by atoms with Gasteiger partial charge in [-0.15, -0.1) is 11.3 Å². The highest BCUT2D eigenvalue weighted by Gasteiger charge is 2.47. The highest BCUT2D eigenvalue weighted by atomic mass is 32.1. The lowest BCUT2D eigenvalue weighted by molar-refractivity contribution is -0.154. The zero-order valence-corrected chi connectivity index (χ0v) is 22.8. The van der Waals surface area contributed by atoms with Crippen molar-refractivity contribution in [3.63, 3.8) is 0 Å². The predicted octanol–water partition coefficient (Wildman–Crippen LogP) is 3.01. The number of ketones is 1. The molecular weight excluding hydrogens is 480 g/mol. The average Bonchev–Trinajstić information content (AvgIpc) is 3.44. The molecule has 1 fully saturated rings. The van der Waals surface area contributed by atoms with Gasteiger partial charge in [0.15, 0.2) is 0 Å². The number of aliphatic hydroxyl groups is 3. The number of aliphatic hydroxyl groups excluding tert-OH is 3. The third-order valence-corrected chi connectivity index (χ3v) is 8.53. The number of fused-ring (bicyclic) bond motifs is 1. The number of ether oxygens (including phenoxy) is 1. The largest absolute Gasteiger partial charge is 0.457 e. The highest BCUT2D eigenvalue weighted by molar-refractivity contribution is 7.09. The van der Waals surface area contributed by atoms with Crippen LogP contribution in [0.4, 0.5) is 0 Å². The maximum atomic E-state index is 13.3. The van der Waals surface area contributed by atoms with Crippen molar-refractivity contribution in [1.29, 1.82) is 0 Å². The minimum Gasteiger partial charge on any atom is -0.457 e. The van der Waals surface area contributed by atoms with E-state index in [2.05, 4.69) is 16.4 Å². The predicted molar refractivity (Wildman–Crippen MR) is 139 cm³/mol. The molecule has 1 aromatic heterocycles. The van der Waals surface area contributed by atoms with Crippen LogP contribution >= 0.6 is 11.3 Å². The minimum atomic E-state index is -1.25. The lowest BCUT2D eigenvalue weighted by atomic mass is 9.73. The third kappa shape index (κ3) is 6.69. The van der Waals surface area contributed by atoms with Gasteiger partial charge in [0, 0.05) is 29.8 Å². The Morgan fingerprint density at radius 2 is 1.97 bits per heavy atom. The summed E-state index contributed by atoms with van der Waals surface area (Å²) in [5.41, 5.74) is 1.38. The van der Waals surface area contributed by atoms with Gasteiger partial charge in [-0.1, -0.05) is 39.3 Å². The van der Waals surface area contributed by atoms with E-state index in [9.17, 15) is 24.9 Å². The van der Waals surface area contributed by atoms with Gasteiger partial charge in [-0.3, -0.25) is 9.59 Å². The molecule has 9 heteroatoms. The first-order chi connectivity index (χ1) is 16.8. The van der Waals surface area contributed by atoms with Crippen LogP contribution in [0.5, 0.6) is 0 Å². The molecule has 2 unspecified atom stereocenters. The Kier molecular flexibility index (Phi) is 9.27. The standard InChI is InChI=1S/C27H40N2O6S/c1-14-7-8-20(15(2)10-18-13-36-22(12-30)28-18)35-23(32)11-21(31)27(5,6)26(34)17(4)25(33)16(3)24-19(9-14)29-24/h7,10,13,16-17,19-21,24-25,29-31,33H,8-9,11-12H2,1-6H3/b14-7-,15-10+/t16-,17+,19?,20-,21-,24?,25-/m0/s1. The van der Waals surface area contributed by atoms with Gasteiger partial charge < -0.3 is 25.4 Å². The van der Waals surface area contributed by atoms with Crippen LogP contribution in [0.15, 0.2) is 22.6 Å². The molecule has 4 N–H and O–H groups in total. The van der Waals surface area contributed by atoms with E-state index >= 15 is 0 Å². The van der Waals surface area contributed by atoms with Gasteiger partial charge in [-0.05, 0) is 37.8 Å². The Morgan fingerprint density at radius 3 is 2.61 bits per heavy atom. The topological polar surface area (TPSA) is 139 Å². The second kappa shape index (κ2) is 11.6. The molecule has 3 rings (SSSR count). The molecule has 2 aliphatic rings. The molecule has 0 aliphatic carbocycles. The molecule has 0 amide bonds. The number of cyclic esters (lactones) is 1. The fourth-order valence-corrected chi connectivity index (χ4v) is 5.56. The first kappa shape index (κ1) is 28.7. The van der Waals surface area contributed by atoms with Crippen LogP contribution in [-0.4, -0.2) is 62.5 Å². The number of nitrogens with one attached hydrogen (secondary N) is 1. The second-order valence-electron chi connectivity index (χ2n) is 10.9. The number of carbonyl (C=O) groups excluding carboxylic acids is 2. The van der Waals surface area contributed by atoms with E-state index < -0.39 is 35.6 Å². The molecule has 0 spiro atoms. The van der Waals surface area contributed by atoms with Crippen LogP contribution < -0.4 is 5.32 Å². The number of hydrogen-bond acceptors (Lipinski definition) is 9. The minimum absolute atomic E-state index is 0.111. The summed E-state index contributed by atoms with van der Waals surface area (Å²) >= 11 is 1.36. The van der Waals surface area contributed by atoms with Crippen molar-refractivity contribution in [2.45, 2.75) is 97.8 Å². The number of aromatic nitrogens is 1. The van der Waals surface area contributed by atoms with Gasteiger partial charge in [-0.2, -0.15) is 0 Å². The number of esters is 1. The highest BCUT2D eigenvalue weighted by Crippen LogP contribution is 2.35. The Labute approximate surface area is 217 Å². The molecule has 8 nitrogen and oxygen atoms in total. The van der Waals surface area contributed by atoms with E-state index in [-0.39, 0.29) is 36.8 Å². The first-order valence-electron chi connectivity index (χ1n) is 12.6. The van der Waals surface area contributed by atoms with Gasteiger partial charge in [0.25, 0.3) is 0 Å². The summed E-state index contributed by atoms with van der Waals surface area (Å²) in [4.78, 5) is 30.5. The Morgan fingerprint density at radius 1 is 1.28 bits per heavy atom. The van der Waals surface area contributed by atoms with Crippen LogP contribution in [-0.2, 0) is 20.9 Å². The van der Waals surface area contributed by atoms with E-state index in [4.69, 9.17) is 4.74 Å². The van der Waals surface area contributed by atoms with Crippen molar-refractivity contribution in [3.8, 4) is 0 Å². The zero-order valence-electron chi connectivity index (χ0n) is 22.0. The molecule has 0 aromatic carbocycles. The number of hydrogen-bond donors (Lipinski definition) is 4. The number of rotatable bonds is 3. The molecule has 0 bridgehead atoms. The quantitative estimate of drug-likeness (QED) is 0.271. The van der Waals surface area contributed by atoms with Gasteiger partial charge >= 0.3 is 5.97 Å². The molecule has 2 aliphatic heterocycles. The van der Waals surface area contributed by atoms with Crippen molar-refractivity contribution in [2.24, 2.45) is 17.3 Å². The average molecular weight is 521 g/mol. The third-order valence-electron chi connectivity index (χ3n) is 7.67. The van der Waals surface area contributed by atoms with Gasteiger partial charge in [-0.25, -0.2) is 4.98 Å². The molecule has 200 valence electrons. The number of Topliss-reactive ketones (excluding diaryl/α,β-unsaturated/α-hetero) is 1. The molecule has 1 saturated heterocycles. The molecule has 3 heterocycles. The number of carbonyl (C=O) groups is 2. The van der Waals surface area contributed by atoms with Crippen molar-refractivity contribution < 1.29 is 29.6 Å². The molecule has 0 saturated carbocycles. The zero-order chi connectivity index (χ0) is 26.8. The molecular formula is C27H40N2O6S. The Bertz CT molecular complexity index is 1020. The molecule has 0 radical (unpaired) electrons. The van der Waals surface area contributed by atoms with Gasteiger partial charge in [0.2, 0.25) is 0 Å². The van der Waals surface area contributed by atoms with Crippen molar-refractivity contribution in [2.75, 3.05) is 0 Å². The summed E-state index contributed by atoms with van der Waals surface area (Å²) in [5.74, 6) is -1.70. The van der Waals surface area contributed by atoms with E-state index in [0.717, 1.165) is 17.6 Å². The van der Waals surface area contributed by atoms with E-state index in [0.29, 0.717) is 17.1 Å². The normalized spacial score (nSPS) is 36.0. The summed E-state index contributed by atoms with van der Waals surface area (Å²) in [6, 6.07) is 0.324. The summed E-state index contributed by atoms with van der Waals surface area (Å²) in [7, 11) is 0. The molecule has 1 aromatic rings. The van der Waals surface area contributed by atoms with Crippen LogP contribution in [0.25, 0.3) is 6.08 Å². The molecule has 7 atom stereocenters. The lowest BCUT2D eigenvalue weighted by Gasteiger charge is -2.34. The summed E-state index contributed by atoms with van der Waals surface area (Å²) in [5, 5.41) is 37.0. The van der Waals surface area contributed by atoms with Crippen LogP contribution in [0.2, 0.25) is 0 Å². The smallest absolute Gasteiger partial charge is 0.309 e. The van der Waals surface area contributed by atoms with E-state index in [1.54, 1.807) is 20.8 Å². The Balaban J connectivity index is 1.88. The van der Waals surface area contributed by atoms with Gasteiger partial charge in [0.05, 0.1) is 36.3 Å². The van der Waals surface area contributed by atoms with Crippen molar-refractivity contribution in [1.82, 2.24) is 10.3 Å². The second-order valence-corrected chi connectivity index (χ2v) is 11.9. The van der Waals surface area contributed by atoms with Crippen LogP contribution in [0.1, 0.15) is 71.5 Å². The maximum Gasteiger partial charge on any atom is 0.309 e. The number of nitrogens with zero attached hydrogens (tertiary/aromatic N) is 1. The lowest BCUT2D eigenvalue weighted by Crippen LogP contribution is -2.46. The Hall–Kier alpha value is -1.91. The first-order valence-corrected chi connectivity index (χ1v) is 13.5. The fourth-order valence-electron chi connectivity index (χ4n) is 4.95. The SMILES string of the molecule is C/C1=C/C[C@@H](/C(C)=C/c2csc(CO)n2)OC(=O)C[C@H](O)C(C)(C)C(=O)[C@H](C)[C@@H](O)[C@@H](C)C2NC2C1. The summed E-state index contributed by atoms with van der Waals surface area (Å²) < 4.78 is 5.81. The molecule has 36 heavy (non-hydrogen) atoms.